The third-order valence-corrected chi connectivity index (χ3v) is 8.85. The minimum absolute atomic E-state index is 0.0196. The van der Waals surface area contributed by atoms with Crippen LogP contribution in [0.1, 0.15) is 28.7 Å². The summed E-state index contributed by atoms with van der Waals surface area (Å²) in [6, 6.07) is 6.67. The lowest BCUT2D eigenvalue weighted by molar-refractivity contribution is -0.153. The minimum atomic E-state index is -2.69. The molecule has 11 heteroatoms. The van der Waals surface area contributed by atoms with Crippen LogP contribution in [0.5, 0.6) is 5.75 Å². The van der Waals surface area contributed by atoms with Gasteiger partial charge < -0.3 is 31.1 Å². The number of likely N-dealkylation sites (N-methyl/N-ethyl adjacent to an activating group) is 1. The first kappa shape index (κ1) is 29.3. The van der Waals surface area contributed by atoms with E-state index in [-0.39, 0.29) is 35.5 Å². The molecular formula is C31H34FN3O7. The number of rotatable bonds is 6. The van der Waals surface area contributed by atoms with Gasteiger partial charge in [-0.2, -0.15) is 0 Å². The van der Waals surface area contributed by atoms with E-state index in [1.165, 1.54) is 17.0 Å². The van der Waals surface area contributed by atoms with Crippen LogP contribution < -0.4 is 10.6 Å². The topological polar surface area (TPSA) is 165 Å². The normalized spacial score (nSPS) is 25.4. The standard InChI is InChI=1S/C31H34FN3O7/c1-34(2)20-13-15(8-5-14-6-9-17(32)10-7-14)25(36)22-18(20)11-16-12-19-24(35(3)4)27(38)23(30(33)41)29(40)31(19,42)28(39)21(16)26(22)37/h6-7,9-10,13,16,19,24,36-37,40,42H,5,8,11-12H2,1-4H3,(H2,33,41)/t16-,19+,24+,31+/m1/s1. The molecule has 0 heterocycles. The van der Waals surface area contributed by atoms with E-state index in [0.717, 1.165) is 5.56 Å². The maximum Gasteiger partial charge on any atom is 0.255 e. The van der Waals surface area contributed by atoms with Gasteiger partial charge in [0.25, 0.3) is 5.91 Å². The monoisotopic (exact) mass is 579 g/mol. The van der Waals surface area contributed by atoms with E-state index in [0.29, 0.717) is 29.7 Å². The number of carbonyl (C=O) groups is 3. The van der Waals surface area contributed by atoms with Gasteiger partial charge in [0.2, 0.25) is 5.78 Å². The van der Waals surface area contributed by atoms with Crippen LogP contribution >= 0.6 is 0 Å². The number of aliphatic hydroxyl groups is 3. The summed E-state index contributed by atoms with van der Waals surface area (Å²) in [4.78, 5) is 42.8. The van der Waals surface area contributed by atoms with E-state index >= 15 is 0 Å². The van der Waals surface area contributed by atoms with Crippen LogP contribution in [0, 0.1) is 17.7 Å². The van der Waals surface area contributed by atoms with Crippen molar-refractivity contribution in [2.24, 2.45) is 17.6 Å². The van der Waals surface area contributed by atoms with Crippen LogP contribution in [-0.4, -0.2) is 82.6 Å². The number of nitrogens with zero attached hydrogens (tertiary/aromatic N) is 2. The number of nitrogens with two attached hydrogens (primary N) is 1. The van der Waals surface area contributed by atoms with Crippen molar-refractivity contribution in [1.29, 1.82) is 0 Å². The Balaban J connectivity index is 1.66. The number of halogens is 1. The van der Waals surface area contributed by atoms with Crippen molar-refractivity contribution < 1.29 is 39.2 Å². The quantitative estimate of drug-likeness (QED) is 0.322. The van der Waals surface area contributed by atoms with Crippen LogP contribution in [-0.2, 0) is 33.6 Å². The molecule has 1 fully saturated rings. The zero-order valence-corrected chi connectivity index (χ0v) is 23.8. The van der Waals surface area contributed by atoms with Crippen LogP contribution in [0.15, 0.2) is 47.2 Å². The van der Waals surface area contributed by atoms with Gasteiger partial charge >= 0.3 is 0 Å². The van der Waals surface area contributed by atoms with Crippen LogP contribution in [0.3, 0.4) is 0 Å². The van der Waals surface area contributed by atoms with Crippen molar-refractivity contribution in [1.82, 2.24) is 4.90 Å². The van der Waals surface area contributed by atoms with Crippen LogP contribution in [0.25, 0.3) is 5.76 Å². The second kappa shape index (κ2) is 10.2. The molecule has 0 aliphatic heterocycles. The minimum Gasteiger partial charge on any atom is -0.508 e. The Morgan fingerprint density at radius 3 is 2.29 bits per heavy atom. The van der Waals surface area contributed by atoms with Crippen molar-refractivity contribution in [3.8, 4) is 5.75 Å². The zero-order chi connectivity index (χ0) is 30.8. The molecule has 0 saturated heterocycles. The fourth-order valence-electron chi connectivity index (χ4n) is 6.87. The van der Waals surface area contributed by atoms with Crippen LogP contribution in [0.2, 0.25) is 0 Å². The largest absolute Gasteiger partial charge is 0.508 e. The van der Waals surface area contributed by atoms with Crippen molar-refractivity contribution in [3.63, 3.8) is 0 Å². The third-order valence-electron chi connectivity index (χ3n) is 8.85. The van der Waals surface area contributed by atoms with Gasteiger partial charge in [-0.1, -0.05) is 12.1 Å². The zero-order valence-electron chi connectivity index (χ0n) is 23.8. The number of aliphatic hydroxyl groups excluding tert-OH is 2. The molecule has 3 aliphatic carbocycles. The summed E-state index contributed by atoms with van der Waals surface area (Å²) in [5.41, 5.74) is 4.32. The lowest BCUT2D eigenvalue weighted by atomic mass is 9.57. The summed E-state index contributed by atoms with van der Waals surface area (Å²) in [6.07, 6.45) is 1.03. The van der Waals surface area contributed by atoms with Gasteiger partial charge in [-0.05, 0) is 80.6 Å². The number of hydrogen-bond donors (Lipinski definition) is 5. The van der Waals surface area contributed by atoms with Crippen molar-refractivity contribution >= 4 is 28.9 Å². The number of phenolic OH excluding ortho intramolecular Hbond substituents is 1. The molecule has 2 aromatic carbocycles. The predicted octanol–water partition coefficient (Wildman–Crippen LogP) is 1.95. The van der Waals surface area contributed by atoms with E-state index in [9.17, 15) is 39.2 Å². The number of Topliss-reactive ketones (excluding diaryl/α,β-unsaturated/α-hetero) is 2. The summed E-state index contributed by atoms with van der Waals surface area (Å²) in [7, 11) is 6.74. The van der Waals surface area contributed by atoms with Gasteiger partial charge in [-0.25, -0.2) is 4.39 Å². The smallest absolute Gasteiger partial charge is 0.255 e. The summed E-state index contributed by atoms with van der Waals surface area (Å²) in [6.45, 7) is 0. The molecular weight excluding hydrogens is 545 g/mol. The first-order chi connectivity index (χ1) is 19.7. The van der Waals surface area contributed by atoms with E-state index in [2.05, 4.69) is 0 Å². The second-order valence-corrected chi connectivity index (χ2v) is 11.7. The summed E-state index contributed by atoms with van der Waals surface area (Å²) in [5.74, 6) is -7.16. The Morgan fingerprint density at radius 1 is 1.07 bits per heavy atom. The molecule has 0 radical (unpaired) electrons. The Labute approximate surface area is 242 Å². The number of fused-ring (bicyclic) bond motifs is 3. The van der Waals surface area contributed by atoms with Crippen molar-refractivity contribution in [3.05, 3.63) is 75.3 Å². The van der Waals surface area contributed by atoms with Crippen molar-refractivity contribution in [2.75, 3.05) is 33.1 Å². The molecule has 1 amide bonds. The van der Waals surface area contributed by atoms with Gasteiger partial charge in [0.1, 0.15) is 28.7 Å². The highest BCUT2D eigenvalue weighted by molar-refractivity contribution is 6.24. The van der Waals surface area contributed by atoms with E-state index in [4.69, 9.17) is 5.73 Å². The molecule has 5 rings (SSSR count). The number of amides is 1. The molecule has 6 N–H and O–H groups in total. The highest BCUT2D eigenvalue weighted by Gasteiger charge is 2.64. The molecule has 3 aliphatic rings. The van der Waals surface area contributed by atoms with Crippen LogP contribution in [0.4, 0.5) is 10.1 Å². The maximum absolute atomic E-state index is 14.1. The molecule has 0 bridgehead atoms. The predicted molar refractivity (Wildman–Crippen MR) is 152 cm³/mol. The number of hydrogen-bond acceptors (Lipinski definition) is 9. The summed E-state index contributed by atoms with van der Waals surface area (Å²) >= 11 is 0. The number of aryl methyl sites for hydroxylation is 2. The first-order valence-corrected chi connectivity index (χ1v) is 13.6. The van der Waals surface area contributed by atoms with Gasteiger partial charge in [0, 0.05) is 31.3 Å². The average Bonchev–Trinajstić information content (AvgIpc) is 2.90. The molecule has 0 unspecified atom stereocenters. The first-order valence-electron chi connectivity index (χ1n) is 13.6. The lowest BCUT2D eigenvalue weighted by Crippen LogP contribution is -2.65. The highest BCUT2D eigenvalue weighted by Crippen LogP contribution is 2.54. The van der Waals surface area contributed by atoms with E-state index in [1.54, 1.807) is 26.2 Å². The molecule has 4 atom stereocenters. The molecule has 0 aromatic heterocycles. The Hall–Kier alpha value is -4.22. The van der Waals surface area contributed by atoms with E-state index in [1.807, 2.05) is 25.1 Å². The number of primary amides is 1. The number of carbonyl (C=O) groups excluding carboxylic acids is 3. The fourth-order valence-corrected chi connectivity index (χ4v) is 6.87. The second-order valence-electron chi connectivity index (χ2n) is 11.7. The number of ketones is 2. The summed E-state index contributed by atoms with van der Waals surface area (Å²) in [5, 5.41) is 45.8. The van der Waals surface area contributed by atoms with Gasteiger partial charge in [-0.3, -0.25) is 19.3 Å². The molecule has 1 saturated carbocycles. The van der Waals surface area contributed by atoms with Gasteiger partial charge in [0.15, 0.2) is 11.4 Å². The van der Waals surface area contributed by atoms with Crippen molar-refractivity contribution in [2.45, 2.75) is 37.3 Å². The highest BCUT2D eigenvalue weighted by atomic mass is 19.1. The average molecular weight is 580 g/mol. The molecule has 2 aromatic rings. The summed E-state index contributed by atoms with van der Waals surface area (Å²) < 4.78 is 13.4. The van der Waals surface area contributed by atoms with E-state index < -0.39 is 58.0 Å². The molecule has 10 nitrogen and oxygen atoms in total. The number of anilines is 1. The SMILES string of the molecule is CN(C)c1cc(CCc2ccc(F)cc2)c(O)c2c1C[C@@H]1C[C@H]3[C@H](N(C)C)C(=O)C(C(N)=O)=C(O)[C@@]3(O)C(=O)C1=C2O. The maximum atomic E-state index is 14.1. The Morgan fingerprint density at radius 2 is 1.71 bits per heavy atom. The molecule has 42 heavy (non-hydrogen) atoms. The number of phenols is 1. The Bertz CT molecular complexity index is 1580. The lowest BCUT2D eigenvalue weighted by Gasteiger charge is -2.50. The fraction of sp³-hybridized carbons (Fsp3) is 0.387. The third kappa shape index (κ3) is 4.26. The van der Waals surface area contributed by atoms with Gasteiger partial charge in [0.05, 0.1) is 11.6 Å². The Kier molecular flexibility index (Phi) is 7.14. The molecule has 0 spiro atoms. The number of aromatic hydroxyl groups is 1. The number of benzene rings is 2. The van der Waals surface area contributed by atoms with Gasteiger partial charge in [-0.15, -0.1) is 0 Å². The molecule has 222 valence electrons.